The number of nitrogens with one attached hydrogen (secondary N) is 1. The van der Waals surface area contributed by atoms with Crippen molar-refractivity contribution in [3.05, 3.63) is 35.7 Å². The van der Waals surface area contributed by atoms with Crippen molar-refractivity contribution in [2.45, 2.75) is 19.0 Å². The molecule has 0 aliphatic rings. The lowest BCUT2D eigenvalue weighted by molar-refractivity contribution is -0.113. The minimum absolute atomic E-state index is 0.163. The molecule has 6 nitrogen and oxygen atoms in total. The molecule has 0 fully saturated rings. The molecule has 0 unspecified atom stereocenters. The van der Waals surface area contributed by atoms with E-state index in [1.54, 1.807) is 32.4 Å². The summed E-state index contributed by atoms with van der Waals surface area (Å²) in [6.45, 7) is 3.81. The average molecular weight is 333 g/mol. The van der Waals surface area contributed by atoms with Gasteiger partial charge in [0.1, 0.15) is 11.5 Å². The molecule has 0 saturated carbocycles. The number of hydrogen-bond acceptors (Lipinski definition) is 6. The fraction of sp³-hybridized carbons (Fsp3) is 0.312. The van der Waals surface area contributed by atoms with Gasteiger partial charge in [0.05, 0.1) is 25.7 Å². The van der Waals surface area contributed by atoms with Crippen LogP contribution >= 0.6 is 11.8 Å². The summed E-state index contributed by atoms with van der Waals surface area (Å²) in [4.78, 5) is 20.7. The fourth-order valence-corrected chi connectivity index (χ4v) is 2.74. The number of amides is 1. The molecule has 1 amide bonds. The van der Waals surface area contributed by atoms with E-state index in [1.807, 2.05) is 19.9 Å². The lowest BCUT2D eigenvalue weighted by atomic mass is 10.2. The molecule has 23 heavy (non-hydrogen) atoms. The lowest BCUT2D eigenvalue weighted by Gasteiger charge is -2.11. The molecule has 0 atom stereocenters. The van der Waals surface area contributed by atoms with E-state index in [-0.39, 0.29) is 11.7 Å². The maximum Gasteiger partial charge on any atom is 0.234 e. The third-order valence-electron chi connectivity index (χ3n) is 2.97. The van der Waals surface area contributed by atoms with Crippen LogP contribution in [-0.2, 0) is 4.79 Å². The van der Waals surface area contributed by atoms with Gasteiger partial charge in [-0.2, -0.15) is 0 Å². The molecule has 2 rings (SSSR count). The van der Waals surface area contributed by atoms with Crippen LogP contribution in [0.15, 0.2) is 29.4 Å². The Balaban J connectivity index is 2.02. The molecular formula is C16H19N3O3S. The standard InChI is InChI=1S/C16H19N3O3S/c1-10-7-11(2)18-16(17-10)23-9-15(20)19-13-8-12(21-3)5-6-14(13)22-4/h5-8H,9H2,1-4H3,(H,19,20). The van der Waals surface area contributed by atoms with Crippen molar-refractivity contribution in [2.75, 3.05) is 25.3 Å². The quantitative estimate of drug-likeness (QED) is 0.647. The summed E-state index contributed by atoms with van der Waals surface area (Å²) in [5.41, 5.74) is 2.34. The summed E-state index contributed by atoms with van der Waals surface area (Å²) in [5.74, 6) is 1.27. The number of anilines is 1. The second-order valence-electron chi connectivity index (χ2n) is 4.84. The first-order valence-electron chi connectivity index (χ1n) is 6.99. The van der Waals surface area contributed by atoms with Crippen LogP contribution in [-0.4, -0.2) is 35.8 Å². The van der Waals surface area contributed by atoms with Crippen LogP contribution in [0.1, 0.15) is 11.4 Å². The largest absolute Gasteiger partial charge is 0.497 e. The van der Waals surface area contributed by atoms with Gasteiger partial charge >= 0.3 is 0 Å². The van der Waals surface area contributed by atoms with Crippen molar-refractivity contribution >= 4 is 23.4 Å². The Hall–Kier alpha value is -2.28. The Kier molecular flexibility index (Phi) is 5.81. The summed E-state index contributed by atoms with van der Waals surface area (Å²) in [5, 5.41) is 3.41. The van der Waals surface area contributed by atoms with Crippen molar-refractivity contribution in [2.24, 2.45) is 0 Å². The van der Waals surface area contributed by atoms with Crippen LogP contribution in [0.5, 0.6) is 11.5 Å². The van der Waals surface area contributed by atoms with Crippen LogP contribution in [0.2, 0.25) is 0 Å². The maximum atomic E-state index is 12.1. The van der Waals surface area contributed by atoms with Crippen LogP contribution < -0.4 is 14.8 Å². The van der Waals surface area contributed by atoms with E-state index < -0.39 is 0 Å². The Morgan fingerprint density at radius 1 is 1.13 bits per heavy atom. The Labute approximate surface area is 139 Å². The van der Waals surface area contributed by atoms with E-state index in [0.29, 0.717) is 22.3 Å². The predicted octanol–water partition coefficient (Wildman–Crippen LogP) is 2.84. The number of benzene rings is 1. The highest BCUT2D eigenvalue weighted by Gasteiger charge is 2.11. The summed E-state index contributed by atoms with van der Waals surface area (Å²) in [7, 11) is 3.12. The molecule has 1 aromatic carbocycles. The van der Waals surface area contributed by atoms with E-state index in [0.717, 1.165) is 11.4 Å². The number of nitrogens with zero attached hydrogens (tertiary/aromatic N) is 2. The average Bonchev–Trinajstić information content (AvgIpc) is 2.52. The third-order valence-corrected chi connectivity index (χ3v) is 3.82. The molecule has 1 heterocycles. The van der Waals surface area contributed by atoms with E-state index in [9.17, 15) is 4.79 Å². The second-order valence-corrected chi connectivity index (χ2v) is 5.78. The second kappa shape index (κ2) is 7.82. The molecule has 0 spiro atoms. The zero-order valence-corrected chi connectivity index (χ0v) is 14.4. The fourth-order valence-electron chi connectivity index (χ4n) is 1.99. The van der Waals surface area contributed by atoms with Gasteiger partial charge in [0.2, 0.25) is 5.91 Å². The van der Waals surface area contributed by atoms with Gasteiger partial charge in [-0.25, -0.2) is 9.97 Å². The molecule has 2 aromatic rings. The van der Waals surface area contributed by atoms with Gasteiger partial charge in [-0.1, -0.05) is 11.8 Å². The normalized spacial score (nSPS) is 10.3. The number of carbonyl (C=O) groups excluding carboxylic acids is 1. The maximum absolute atomic E-state index is 12.1. The Bertz CT molecular complexity index is 687. The number of thioether (sulfide) groups is 1. The topological polar surface area (TPSA) is 73.3 Å². The number of hydrogen-bond donors (Lipinski definition) is 1. The lowest BCUT2D eigenvalue weighted by Crippen LogP contribution is -2.15. The van der Waals surface area contributed by atoms with Crippen LogP contribution in [0.3, 0.4) is 0 Å². The van der Waals surface area contributed by atoms with Gasteiger partial charge in [-0.3, -0.25) is 4.79 Å². The SMILES string of the molecule is COc1ccc(OC)c(NC(=O)CSc2nc(C)cc(C)n2)c1. The molecule has 0 aliphatic heterocycles. The molecule has 7 heteroatoms. The number of methoxy groups -OCH3 is 2. The van der Waals surface area contributed by atoms with Crippen LogP contribution in [0.4, 0.5) is 5.69 Å². The van der Waals surface area contributed by atoms with Gasteiger partial charge in [0.15, 0.2) is 5.16 Å². The number of ether oxygens (including phenoxy) is 2. The number of carbonyl (C=O) groups is 1. The zero-order chi connectivity index (χ0) is 16.8. The number of rotatable bonds is 6. The number of aromatic nitrogens is 2. The minimum atomic E-state index is -0.163. The molecule has 0 aliphatic carbocycles. The smallest absolute Gasteiger partial charge is 0.234 e. The molecule has 1 aromatic heterocycles. The predicted molar refractivity (Wildman–Crippen MR) is 90.4 cm³/mol. The summed E-state index contributed by atoms with van der Waals surface area (Å²) >= 11 is 1.29. The van der Waals surface area contributed by atoms with Crippen molar-refractivity contribution in [1.29, 1.82) is 0 Å². The third kappa shape index (κ3) is 4.85. The number of aryl methyl sites for hydroxylation is 2. The highest BCUT2D eigenvalue weighted by molar-refractivity contribution is 7.99. The van der Waals surface area contributed by atoms with Crippen molar-refractivity contribution in [1.82, 2.24) is 9.97 Å². The van der Waals surface area contributed by atoms with E-state index in [4.69, 9.17) is 9.47 Å². The molecule has 122 valence electrons. The molecular weight excluding hydrogens is 314 g/mol. The molecule has 1 N–H and O–H groups in total. The van der Waals surface area contributed by atoms with Crippen molar-refractivity contribution in [3.63, 3.8) is 0 Å². The summed E-state index contributed by atoms with van der Waals surface area (Å²) in [6, 6.07) is 7.13. The monoisotopic (exact) mass is 333 g/mol. The molecule has 0 bridgehead atoms. The summed E-state index contributed by atoms with van der Waals surface area (Å²) in [6.07, 6.45) is 0. The summed E-state index contributed by atoms with van der Waals surface area (Å²) < 4.78 is 10.4. The van der Waals surface area contributed by atoms with Gasteiger partial charge in [0.25, 0.3) is 0 Å². The van der Waals surface area contributed by atoms with Crippen molar-refractivity contribution in [3.8, 4) is 11.5 Å². The first-order valence-corrected chi connectivity index (χ1v) is 7.97. The van der Waals surface area contributed by atoms with E-state index >= 15 is 0 Å². The van der Waals surface area contributed by atoms with Gasteiger partial charge in [-0.15, -0.1) is 0 Å². The van der Waals surface area contributed by atoms with E-state index in [2.05, 4.69) is 15.3 Å². The Morgan fingerprint density at radius 2 is 1.83 bits per heavy atom. The minimum Gasteiger partial charge on any atom is -0.497 e. The van der Waals surface area contributed by atoms with Gasteiger partial charge in [0, 0.05) is 17.5 Å². The first-order chi connectivity index (χ1) is 11.0. The van der Waals surface area contributed by atoms with Crippen molar-refractivity contribution < 1.29 is 14.3 Å². The van der Waals surface area contributed by atoms with Gasteiger partial charge < -0.3 is 14.8 Å². The first kappa shape index (κ1) is 17.1. The Morgan fingerprint density at radius 3 is 2.43 bits per heavy atom. The zero-order valence-electron chi connectivity index (χ0n) is 13.5. The highest BCUT2D eigenvalue weighted by atomic mass is 32.2. The van der Waals surface area contributed by atoms with E-state index in [1.165, 1.54) is 11.8 Å². The molecule has 0 saturated heterocycles. The van der Waals surface area contributed by atoms with Crippen LogP contribution in [0.25, 0.3) is 0 Å². The van der Waals surface area contributed by atoms with Gasteiger partial charge in [-0.05, 0) is 32.0 Å². The highest BCUT2D eigenvalue weighted by Crippen LogP contribution is 2.29. The molecule has 0 radical (unpaired) electrons. The van der Waals surface area contributed by atoms with Crippen LogP contribution in [0, 0.1) is 13.8 Å².